The third-order valence-corrected chi connectivity index (χ3v) is 4.01. The van der Waals surface area contributed by atoms with Crippen molar-refractivity contribution < 1.29 is 9.47 Å². The SMILES string of the molecule is CCCNC1CCCC1c1c(OC)cccc1OC. The van der Waals surface area contributed by atoms with Crippen LogP contribution in [0.4, 0.5) is 0 Å². The second-order valence-corrected chi connectivity index (χ2v) is 5.17. The number of hydrogen-bond donors (Lipinski definition) is 1. The summed E-state index contributed by atoms with van der Waals surface area (Å²) >= 11 is 0. The number of benzene rings is 1. The lowest BCUT2D eigenvalue weighted by atomic mass is 9.92. The van der Waals surface area contributed by atoms with Crippen LogP contribution in [0.15, 0.2) is 18.2 Å². The Balaban J connectivity index is 2.28. The largest absolute Gasteiger partial charge is 0.496 e. The maximum atomic E-state index is 5.55. The molecule has 106 valence electrons. The second-order valence-electron chi connectivity index (χ2n) is 5.17. The molecule has 1 saturated carbocycles. The van der Waals surface area contributed by atoms with Crippen molar-refractivity contribution in [2.75, 3.05) is 20.8 Å². The minimum atomic E-state index is 0.498. The molecule has 1 N–H and O–H groups in total. The highest BCUT2D eigenvalue weighted by Gasteiger charge is 2.32. The smallest absolute Gasteiger partial charge is 0.126 e. The first-order chi connectivity index (χ1) is 9.31. The van der Waals surface area contributed by atoms with E-state index < -0.39 is 0 Å². The summed E-state index contributed by atoms with van der Waals surface area (Å²) in [5, 5.41) is 3.67. The molecule has 2 unspecified atom stereocenters. The van der Waals surface area contributed by atoms with Crippen LogP contribution in [0.5, 0.6) is 11.5 Å². The molecule has 1 aromatic rings. The Bertz CT molecular complexity index is 383. The fraction of sp³-hybridized carbons (Fsp3) is 0.625. The quantitative estimate of drug-likeness (QED) is 0.854. The van der Waals surface area contributed by atoms with Gasteiger partial charge in [0.2, 0.25) is 0 Å². The highest BCUT2D eigenvalue weighted by atomic mass is 16.5. The van der Waals surface area contributed by atoms with E-state index in [9.17, 15) is 0 Å². The van der Waals surface area contributed by atoms with E-state index in [0.29, 0.717) is 12.0 Å². The minimum absolute atomic E-state index is 0.498. The molecule has 0 spiro atoms. The molecule has 1 fully saturated rings. The molecule has 0 amide bonds. The third kappa shape index (κ3) is 3.03. The molecule has 1 aliphatic carbocycles. The van der Waals surface area contributed by atoms with Crippen molar-refractivity contribution in [2.45, 2.75) is 44.6 Å². The van der Waals surface area contributed by atoms with Crippen molar-refractivity contribution >= 4 is 0 Å². The topological polar surface area (TPSA) is 30.5 Å². The average molecular weight is 263 g/mol. The van der Waals surface area contributed by atoms with Crippen LogP contribution in [-0.4, -0.2) is 26.8 Å². The van der Waals surface area contributed by atoms with E-state index in [1.807, 2.05) is 18.2 Å². The summed E-state index contributed by atoms with van der Waals surface area (Å²) < 4.78 is 11.1. The molecule has 3 nitrogen and oxygen atoms in total. The van der Waals surface area contributed by atoms with Gasteiger partial charge in [-0.2, -0.15) is 0 Å². The Labute approximate surface area is 116 Å². The normalized spacial score (nSPS) is 22.5. The standard InChI is InChI=1S/C16H25NO2/c1-4-11-17-13-8-5-7-12(13)16-14(18-2)9-6-10-15(16)19-3/h6,9-10,12-13,17H,4-5,7-8,11H2,1-3H3. The van der Waals surface area contributed by atoms with Gasteiger partial charge in [0.1, 0.15) is 11.5 Å². The van der Waals surface area contributed by atoms with Crippen LogP contribution in [0.1, 0.15) is 44.1 Å². The van der Waals surface area contributed by atoms with Gasteiger partial charge >= 0.3 is 0 Å². The molecule has 3 heteroatoms. The number of nitrogens with one attached hydrogen (secondary N) is 1. The molecule has 2 atom stereocenters. The van der Waals surface area contributed by atoms with Crippen molar-refractivity contribution in [2.24, 2.45) is 0 Å². The van der Waals surface area contributed by atoms with Gasteiger partial charge in [-0.3, -0.25) is 0 Å². The van der Waals surface area contributed by atoms with Crippen molar-refractivity contribution in [3.63, 3.8) is 0 Å². The highest BCUT2D eigenvalue weighted by molar-refractivity contribution is 5.48. The first kappa shape index (κ1) is 14.2. The molecule has 0 radical (unpaired) electrons. The molecule has 0 aromatic heterocycles. The Morgan fingerprint density at radius 3 is 2.42 bits per heavy atom. The lowest BCUT2D eigenvalue weighted by Crippen LogP contribution is -2.32. The van der Waals surface area contributed by atoms with Crippen molar-refractivity contribution in [1.82, 2.24) is 5.32 Å². The molecular formula is C16H25NO2. The Morgan fingerprint density at radius 2 is 1.84 bits per heavy atom. The maximum absolute atomic E-state index is 5.55. The van der Waals surface area contributed by atoms with Crippen molar-refractivity contribution in [1.29, 1.82) is 0 Å². The molecule has 2 rings (SSSR count). The zero-order valence-corrected chi connectivity index (χ0v) is 12.2. The van der Waals surface area contributed by atoms with E-state index >= 15 is 0 Å². The molecule has 1 aliphatic rings. The Kier molecular flexibility index (Phi) is 5.08. The van der Waals surface area contributed by atoms with Crippen LogP contribution in [0.3, 0.4) is 0 Å². The van der Waals surface area contributed by atoms with Crippen LogP contribution in [0.25, 0.3) is 0 Å². The zero-order chi connectivity index (χ0) is 13.7. The molecule has 0 heterocycles. The van der Waals surface area contributed by atoms with E-state index in [4.69, 9.17) is 9.47 Å². The molecule has 19 heavy (non-hydrogen) atoms. The van der Waals surface area contributed by atoms with Crippen LogP contribution >= 0.6 is 0 Å². The molecule has 1 aromatic carbocycles. The maximum Gasteiger partial charge on any atom is 0.126 e. The van der Waals surface area contributed by atoms with E-state index in [-0.39, 0.29) is 0 Å². The van der Waals surface area contributed by atoms with E-state index in [0.717, 1.165) is 18.0 Å². The molecule has 0 aliphatic heterocycles. The molecular weight excluding hydrogens is 238 g/mol. The summed E-state index contributed by atoms with van der Waals surface area (Å²) in [5.74, 6) is 2.40. The van der Waals surface area contributed by atoms with Crippen molar-refractivity contribution in [3.05, 3.63) is 23.8 Å². The monoisotopic (exact) mass is 263 g/mol. The summed E-state index contributed by atoms with van der Waals surface area (Å²) in [7, 11) is 3.48. The van der Waals surface area contributed by atoms with Gasteiger partial charge in [-0.15, -0.1) is 0 Å². The molecule has 0 bridgehead atoms. The van der Waals surface area contributed by atoms with Crippen LogP contribution < -0.4 is 14.8 Å². The highest BCUT2D eigenvalue weighted by Crippen LogP contribution is 2.43. The predicted molar refractivity (Wildman–Crippen MR) is 78.2 cm³/mol. The summed E-state index contributed by atoms with van der Waals surface area (Å²) in [6, 6.07) is 6.61. The first-order valence-electron chi connectivity index (χ1n) is 7.26. The van der Waals surface area contributed by atoms with Gasteiger partial charge < -0.3 is 14.8 Å². The van der Waals surface area contributed by atoms with Gasteiger partial charge in [0, 0.05) is 17.5 Å². The minimum Gasteiger partial charge on any atom is -0.496 e. The van der Waals surface area contributed by atoms with Gasteiger partial charge in [-0.05, 0) is 37.9 Å². The van der Waals surface area contributed by atoms with Crippen LogP contribution in [0.2, 0.25) is 0 Å². The molecule has 0 saturated heterocycles. The lowest BCUT2D eigenvalue weighted by Gasteiger charge is -2.24. The van der Waals surface area contributed by atoms with E-state index in [2.05, 4.69) is 12.2 Å². The Hall–Kier alpha value is -1.22. The summed E-state index contributed by atoms with van der Waals surface area (Å²) in [6.07, 6.45) is 4.89. The van der Waals surface area contributed by atoms with Crippen LogP contribution in [-0.2, 0) is 0 Å². The summed E-state index contributed by atoms with van der Waals surface area (Å²) in [5.41, 5.74) is 1.23. The number of ether oxygens (including phenoxy) is 2. The van der Waals surface area contributed by atoms with Gasteiger partial charge in [-0.25, -0.2) is 0 Å². The predicted octanol–water partition coefficient (Wildman–Crippen LogP) is 3.34. The van der Waals surface area contributed by atoms with E-state index in [1.54, 1.807) is 14.2 Å². The second kappa shape index (κ2) is 6.80. The van der Waals surface area contributed by atoms with Crippen molar-refractivity contribution in [3.8, 4) is 11.5 Å². The summed E-state index contributed by atoms with van der Waals surface area (Å²) in [6.45, 7) is 3.29. The van der Waals surface area contributed by atoms with Gasteiger partial charge in [-0.1, -0.05) is 19.4 Å². The first-order valence-corrected chi connectivity index (χ1v) is 7.26. The van der Waals surface area contributed by atoms with Crippen LogP contribution in [0, 0.1) is 0 Å². The average Bonchev–Trinajstić information content (AvgIpc) is 2.91. The number of methoxy groups -OCH3 is 2. The number of rotatable bonds is 6. The Morgan fingerprint density at radius 1 is 1.16 bits per heavy atom. The van der Waals surface area contributed by atoms with Gasteiger partial charge in [0.25, 0.3) is 0 Å². The van der Waals surface area contributed by atoms with E-state index in [1.165, 1.54) is 31.2 Å². The number of hydrogen-bond acceptors (Lipinski definition) is 3. The lowest BCUT2D eigenvalue weighted by molar-refractivity contribution is 0.369. The summed E-state index contributed by atoms with van der Waals surface area (Å²) in [4.78, 5) is 0. The fourth-order valence-corrected chi connectivity index (χ4v) is 3.12. The fourth-order valence-electron chi connectivity index (χ4n) is 3.12. The van der Waals surface area contributed by atoms with Gasteiger partial charge in [0.15, 0.2) is 0 Å². The zero-order valence-electron chi connectivity index (χ0n) is 12.2. The third-order valence-electron chi connectivity index (χ3n) is 4.01. The van der Waals surface area contributed by atoms with Gasteiger partial charge in [0.05, 0.1) is 14.2 Å².